The van der Waals surface area contributed by atoms with Gasteiger partial charge in [-0.25, -0.2) is 20.2 Å². The maximum atomic E-state index is 12.0. The summed E-state index contributed by atoms with van der Waals surface area (Å²) in [5.74, 6) is 0. The molecule has 8 heteroatoms. The van der Waals surface area contributed by atoms with Crippen LogP contribution in [0.2, 0.25) is 5.02 Å². The maximum Gasteiger partial charge on any atom is 0.445 e. The van der Waals surface area contributed by atoms with Gasteiger partial charge in [0.2, 0.25) is 6.41 Å². The Kier molecular flexibility index (Phi) is 4.11. The van der Waals surface area contributed by atoms with Crippen molar-refractivity contribution in [1.82, 2.24) is 4.98 Å². The largest absolute Gasteiger partial charge is 0.445 e. The standard InChI is InChI=1S/C15H10ClN3O4/c16-10-1-3-11(4-2-10)18-23-15(21)19(9-20)12-5-6-13-14(7-12)22-8-17-13/h1-9,18H. The van der Waals surface area contributed by atoms with Crippen molar-refractivity contribution in [3.05, 3.63) is 53.9 Å². The first-order chi connectivity index (χ1) is 11.2. The summed E-state index contributed by atoms with van der Waals surface area (Å²) >= 11 is 5.76. The number of imide groups is 1. The lowest BCUT2D eigenvalue weighted by molar-refractivity contribution is -0.107. The molecule has 0 unspecified atom stereocenters. The third kappa shape index (κ3) is 3.24. The second-order valence-electron chi connectivity index (χ2n) is 4.46. The van der Waals surface area contributed by atoms with E-state index in [4.69, 9.17) is 20.9 Å². The number of benzene rings is 2. The second kappa shape index (κ2) is 6.37. The predicted molar refractivity (Wildman–Crippen MR) is 84.1 cm³/mol. The molecule has 0 saturated heterocycles. The van der Waals surface area contributed by atoms with Crippen LogP contribution in [0.15, 0.2) is 53.3 Å². The van der Waals surface area contributed by atoms with Crippen LogP contribution in [0.4, 0.5) is 16.2 Å². The fourth-order valence-electron chi connectivity index (χ4n) is 1.87. The van der Waals surface area contributed by atoms with Crippen molar-refractivity contribution >= 4 is 46.6 Å². The van der Waals surface area contributed by atoms with Gasteiger partial charge in [0.15, 0.2) is 12.0 Å². The number of fused-ring (bicyclic) bond motifs is 1. The number of carbonyl (C=O) groups excluding carboxylic acids is 2. The fourth-order valence-corrected chi connectivity index (χ4v) is 2.00. The van der Waals surface area contributed by atoms with Crippen LogP contribution in [-0.2, 0) is 9.63 Å². The molecule has 3 aromatic rings. The zero-order valence-electron chi connectivity index (χ0n) is 11.6. The van der Waals surface area contributed by atoms with E-state index in [2.05, 4.69) is 10.5 Å². The Balaban J connectivity index is 1.72. The normalized spacial score (nSPS) is 10.3. The van der Waals surface area contributed by atoms with E-state index in [0.717, 1.165) is 4.90 Å². The lowest BCUT2D eigenvalue weighted by atomic mass is 10.3. The minimum atomic E-state index is -0.895. The molecule has 7 nitrogen and oxygen atoms in total. The van der Waals surface area contributed by atoms with Crippen LogP contribution in [-0.4, -0.2) is 17.5 Å². The number of aromatic nitrogens is 1. The zero-order valence-corrected chi connectivity index (χ0v) is 12.4. The summed E-state index contributed by atoms with van der Waals surface area (Å²) < 4.78 is 5.14. The van der Waals surface area contributed by atoms with Crippen molar-refractivity contribution in [2.75, 3.05) is 10.4 Å². The van der Waals surface area contributed by atoms with E-state index in [1.807, 2.05) is 0 Å². The van der Waals surface area contributed by atoms with Gasteiger partial charge in [0.25, 0.3) is 0 Å². The van der Waals surface area contributed by atoms with E-state index in [1.165, 1.54) is 12.5 Å². The van der Waals surface area contributed by atoms with Crippen molar-refractivity contribution < 1.29 is 18.8 Å². The first-order valence-corrected chi connectivity index (χ1v) is 6.85. The lowest BCUT2D eigenvalue weighted by Crippen LogP contribution is -2.31. The Labute approximate surface area is 135 Å². The summed E-state index contributed by atoms with van der Waals surface area (Å²) in [6.07, 6.45) is 0.734. The number of nitrogens with one attached hydrogen (secondary N) is 1. The molecule has 0 radical (unpaired) electrons. The first-order valence-electron chi connectivity index (χ1n) is 6.47. The molecule has 116 valence electrons. The number of anilines is 2. The molecule has 0 spiro atoms. The highest BCUT2D eigenvalue weighted by Gasteiger charge is 2.18. The molecular formula is C15H10ClN3O4. The number of oxazole rings is 1. The molecule has 0 atom stereocenters. The van der Waals surface area contributed by atoms with E-state index < -0.39 is 6.09 Å². The molecule has 0 aliphatic rings. The van der Waals surface area contributed by atoms with Crippen molar-refractivity contribution in [2.24, 2.45) is 0 Å². The third-order valence-corrected chi connectivity index (χ3v) is 3.25. The van der Waals surface area contributed by atoms with Gasteiger partial charge < -0.3 is 9.25 Å². The molecule has 1 N–H and O–H groups in total. The summed E-state index contributed by atoms with van der Waals surface area (Å²) in [6.45, 7) is 0. The number of halogens is 1. The summed E-state index contributed by atoms with van der Waals surface area (Å²) in [5, 5.41) is 0.553. The van der Waals surface area contributed by atoms with Crippen LogP contribution in [0.5, 0.6) is 0 Å². The maximum absolute atomic E-state index is 12.0. The Hall–Kier alpha value is -3.06. The number of hydrogen-bond donors (Lipinski definition) is 1. The van der Waals surface area contributed by atoms with Gasteiger partial charge in [0, 0.05) is 11.1 Å². The van der Waals surface area contributed by atoms with Gasteiger partial charge in [-0.1, -0.05) is 11.6 Å². The third-order valence-electron chi connectivity index (χ3n) is 3.00. The molecule has 3 rings (SSSR count). The zero-order chi connectivity index (χ0) is 16.2. The highest BCUT2D eigenvalue weighted by molar-refractivity contribution is 6.30. The monoisotopic (exact) mass is 331 g/mol. The van der Waals surface area contributed by atoms with E-state index in [-0.39, 0.29) is 0 Å². The number of hydrogen-bond acceptors (Lipinski definition) is 6. The van der Waals surface area contributed by atoms with Crippen LogP contribution in [0, 0.1) is 0 Å². The quantitative estimate of drug-likeness (QED) is 0.580. The number of nitrogens with zero attached hydrogens (tertiary/aromatic N) is 2. The van der Waals surface area contributed by atoms with Gasteiger partial charge in [-0.3, -0.25) is 4.79 Å². The van der Waals surface area contributed by atoms with E-state index in [0.29, 0.717) is 33.9 Å². The van der Waals surface area contributed by atoms with Crippen LogP contribution in [0.3, 0.4) is 0 Å². The predicted octanol–water partition coefficient (Wildman–Crippen LogP) is 3.61. The SMILES string of the molecule is O=CN(C(=O)ONc1ccc(Cl)cc1)c1ccc2ncoc2c1. The molecule has 0 aliphatic carbocycles. The molecule has 1 aromatic heterocycles. The molecule has 1 heterocycles. The summed E-state index contributed by atoms with van der Waals surface area (Å²) in [6, 6.07) is 11.2. The van der Waals surface area contributed by atoms with Crippen LogP contribution in [0.1, 0.15) is 0 Å². The number of amides is 2. The molecular weight excluding hydrogens is 322 g/mol. The van der Waals surface area contributed by atoms with Gasteiger partial charge >= 0.3 is 6.09 Å². The topological polar surface area (TPSA) is 84.7 Å². The van der Waals surface area contributed by atoms with Crippen molar-refractivity contribution in [3.8, 4) is 0 Å². The Morgan fingerprint density at radius 3 is 2.78 bits per heavy atom. The summed E-state index contributed by atoms with van der Waals surface area (Å²) in [7, 11) is 0. The van der Waals surface area contributed by atoms with Gasteiger partial charge in [-0.05, 0) is 36.4 Å². The van der Waals surface area contributed by atoms with Crippen LogP contribution in [0.25, 0.3) is 11.1 Å². The Bertz CT molecular complexity index is 847. The molecule has 2 aromatic carbocycles. The number of carbonyl (C=O) groups is 2. The van der Waals surface area contributed by atoms with E-state index in [9.17, 15) is 9.59 Å². The summed E-state index contributed by atoms with van der Waals surface area (Å²) in [5.41, 5.74) is 4.32. The summed E-state index contributed by atoms with van der Waals surface area (Å²) in [4.78, 5) is 32.9. The molecule has 0 bridgehead atoms. The molecule has 2 amide bonds. The van der Waals surface area contributed by atoms with E-state index >= 15 is 0 Å². The Morgan fingerprint density at radius 1 is 1.26 bits per heavy atom. The molecule has 23 heavy (non-hydrogen) atoms. The number of rotatable bonds is 4. The van der Waals surface area contributed by atoms with Crippen molar-refractivity contribution in [3.63, 3.8) is 0 Å². The van der Waals surface area contributed by atoms with E-state index in [1.54, 1.807) is 36.4 Å². The fraction of sp³-hybridized carbons (Fsp3) is 0. The van der Waals surface area contributed by atoms with Gasteiger partial charge in [-0.2, -0.15) is 0 Å². The first kappa shape index (κ1) is 14.9. The highest BCUT2D eigenvalue weighted by atomic mass is 35.5. The minimum Gasteiger partial charge on any atom is -0.443 e. The Morgan fingerprint density at radius 2 is 2.04 bits per heavy atom. The second-order valence-corrected chi connectivity index (χ2v) is 4.89. The van der Waals surface area contributed by atoms with Gasteiger partial charge in [0.05, 0.1) is 11.4 Å². The average molecular weight is 332 g/mol. The lowest BCUT2D eigenvalue weighted by Gasteiger charge is -2.15. The van der Waals surface area contributed by atoms with Crippen LogP contribution >= 0.6 is 11.6 Å². The smallest absolute Gasteiger partial charge is 0.443 e. The van der Waals surface area contributed by atoms with Crippen LogP contribution < -0.4 is 10.4 Å². The minimum absolute atomic E-state index is 0.298. The van der Waals surface area contributed by atoms with Crippen molar-refractivity contribution in [2.45, 2.75) is 0 Å². The van der Waals surface area contributed by atoms with Gasteiger partial charge in [-0.15, -0.1) is 0 Å². The van der Waals surface area contributed by atoms with Gasteiger partial charge in [0.1, 0.15) is 5.52 Å². The molecule has 0 fully saturated rings. The molecule has 0 aliphatic heterocycles. The van der Waals surface area contributed by atoms with Crippen molar-refractivity contribution in [1.29, 1.82) is 0 Å². The highest BCUT2D eigenvalue weighted by Crippen LogP contribution is 2.21. The molecule has 0 saturated carbocycles. The average Bonchev–Trinajstić information content (AvgIpc) is 3.03.